The smallest absolute Gasteiger partial charge is 0.307 e. The number of hydrogen-bond acceptors (Lipinski definition) is 1. The molecule has 0 fully saturated rings. The van der Waals surface area contributed by atoms with E-state index in [2.05, 4.69) is 10.6 Å². The third-order valence-electron chi connectivity index (χ3n) is 2.88. The molecule has 0 aromatic heterocycles. The molecule has 2 rings (SSSR count). The highest BCUT2D eigenvalue weighted by atomic mass is 35.5. The number of hydrogen-bond donors (Lipinski definition) is 2. The van der Waals surface area contributed by atoms with Crippen LogP contribution in [0.1, 0.15) is 11.1 Å². The standard InChI is InChI=1S/C15H14Cl2N2O/c1-9-3-4-12(17)8-14(9)19-15(20)18-13-6-5-11(16)7-10(13)2/h3-8H,1-2H3,(H2,18,19,20). The van der Waals surface area contributed by atoms with Gasteiger partial charge in [-0.25, -0.2) is 4.79 Å². The second-order valence-electron chi connectivity index (χ2n) is 4.50. The molecule has 0 atom stereocenters. The van der Waals surface area contributed by atoms with Crippen LogP contribution in [0, 0.1) is 13.8 Å². The number of urea groups is 1. The van der Waals surface area contributed by atoms with Gasteiger partial charge in [-0.15, -0.1) is 0 Å². The summed E-state index contributed by atoms with van der Waals surface area (Å²) in [6.07, 6.45) is 0. The maximum Gasteiger partial charge on any atom is 0.323 e. The topological polar surface area (TPSA) is 41.1 Å². The number of benzene rings is 2. The van der Waals surface area contributed by atoms with Gasteiger partial charge in [0.1, 0.15) is 0 Å². The lowest BCUT2D eigenvalue weighted by atomic mass is 10.2. The van der Waals surface area contributed by atoms with Crippen LogP contribution in [-0.4, -0.2) is 6.03 Å². The van der Waals surface area contributed by atoms with Gasteiger partial charge in [0.2, 0.25) is 0 Å². The Labute approximate surface area is 127 Å². The summed E-state index contributed by atoms with van der Waals surface area (Å²) in [6, 6.07) is 10.3. The number of rotatable bonds is 2. The summed E-state index contributed by atoms with van der Waals surface area (Å²) >= 11 is 11.8. The fraction of sp³-hybridized carbons (Fsp3) is 0.133. The molecule has 0 radical (unpaired) electrons. The molecular formula is C15H14Cl2N2O. The van der Waals surface area contributed by atoms with Crippen molar-refractivity contribution < 1.29 is 4.79 Å². The van der Waals surface area contributed by atoms with Crippen molar-refractivity contribution in [1.82, 2.24) is 0 Å². The van der Waals surface area contributed by atoms with Crippen molar-refractivity contribution in [2.75, 3.05) is 10.6 Å². The second kappa shape index (κ2) is 6.16. The molecule has 2 aromatic carbocycles. The minimum atomic E-state index is -0.319. The van der Waals surface area contributed by atoms with Crippen LogP contribution in [0.25, 0.3) is 0 Å². The maximum atomic E-state index is 12.0. The molecule has 0 saturated heterocycles. The van der Waals surface area contributed by atoms with Gasteiger partial charge >= 0.3 is 6.03 Å². The van der Waals surface area contributed by atoms with Crippen LogP contribution in [0.5, 0.6) is 0 Å². The molecule has 0 heterocycles. The Morgan fingerprint density at radius 3 is 2.15 bits per heavy atom. The molecule has 2 N–H and O–H groups in total. The highest BCUT2D eigenvalue weighted by Gasteiger charge is 2.07. The number of aryl methyl sites for hydroxylation is 2. The van der Waals surface area contributed by atoms with Gasteiger partial charge in [-0.1, -0.05) is 29.3 Å². The van der Waals surface area contributed by atoms with E-state index in [-0.39, 0.29) is 6.03 Å². The summed E-state index contributed by atoms with van der Waals surface area (Å²) < 4.78 is 0. The minimum absolute atomic E-state index is 0.319. The number of carbonyl (C=O) groups excluding carboxylic acids is 1. The van der Waals surface area contributed by atoms with Crippen molar-refractivity contribution in [3.05, 3.63) is 57.6 Å². The molecule has 0 bridgehead atoms. The minimum Gasteiger partial charge on any atom is -0.307 e. The highest BCUT2D eigenvalue weighted by molar-refractivity contribution is 6.31. The van der Waals surface area contributed by atoms with Gasteiger partial charge in [0, 0.05) is 21.4 Å². The summed E-state index contributed by atoms with van der Waals surface area (Å²) in [5.41, 5.74) is 3.24. The predicted octanol–water partition coefficient (Wildman–Crippen LogP) is 5.25. The largest absolute Gasteiger partial charge is 0.323 e. The Hall–Kier alpha value is -1.71. The SMILES string of the molecule is Cc1cc(Cl)ccc1NC(=O)Nc1cc(Cl)ccc1C. The molecular weight excluding hydrogens is 295 g/mol. The quantitative estimate of drug-likeness (QED) is 0.781. The summed E-state index contributed by atoms with van der Waals surface area (Å²) in [5, 5.41) is 6.77. The van der Waals surface area contributed by atoms with E-state index in [1.54, 1.807) is 30.3 Å². The number of anilines is 2. The third-order valence-corrected chi connectivity index (χ3v) is 3.35. The van der Waals surface area contributed by atoms with Gasteiger partial charge < -0.3 is 10.6 Å². The average Bonchev–Trinajstić information content (AvgIpc) is 2.37. The van der Waals surface area contributed by atoms with E-state index in [9.17, 15) is 4.79 Å². The summed E-state index contributed by atoms with van der Waals surface area (Å²) in [7, 11) is 0. The Bertz CT molecular complexity index is 656. The zero-order valence-corrected chi connectivity index (χ0v) is 12.6. The molecule has 5 heteroatoms. The monoisotopic (exact) mass is 308 g/mol. The van der Waals surface area contributed by atoms with Crippen LogP contribution in [0.15, 0.2) is 36.4 Å². The van der Waals surface area contributed by atoms with Crippen molar-refractivity contribution in [3.8, 4) is 0 Å². The molecule has 0 aliphatic heterocycles. The van der Waals surface area contributed by atoms with Gasteiger partial charge in [-0.3, -0.25) is 0 Å². The fourth-order valence-electron chi connectivity index (χ4n) is 1.77. The number of carbonyl (C=O) groups is 1. The van der Waals surface area contributed by atoms with Gasteiger partial charge in [-0.2, -0.15) is 0 Å². The van der Waals surface area contributed by atoms with Crippen LogP contribution < -0.4 is 10.6 Å². The highest BCUT2D eigenvalue weighted by Crippen LogP contribution is 2.22. The summed E-state index contributed by atoms with van der Waals surface area (Å²) in [4.78, 5) is 12.0. The van der Waals surface area contributed by atoms with E-state index in [0.717, 1.165) is 11.1 Å². The van der Waals surface area contributed by atoms with Crippen LogP contribution in [-0.2, 0) is 0 Å². The Balaban J connectivity index is 2.11. The van der Waals surface area contributed by atoms with Gasteiger partial charge in [-0.05, 0) is 55.3 Å². The molecule has 0 saturated carbocycles. The van der Waals surface area contributed by atoms with E-state index < -0.39 is 0 Å². The van der Waals surface area contributed by atoms with Crippen molar-refractivity contribution in [1.29, 1.82) is 0 Å². The Morgan fingerprint density at radius 1 is 0.850 bits per heavy atom. The fourth-order valence-corrected chi connectivity index (χ4v) is 2.17. The van der Waals surface area contributed by atoms with E-state index >= 15 is 0 Å². The zero-order valence-electron chi connectivity index (χ0n) is 11.1. The van der Waals surface area contributed by atoms with Gasteiger partial charge in [0.25, 0.3) is 0 Å². The lowest BCUT2D eigenvalue weighted by Crippen LogP contribution is -2.20. The first kappa shape index (κ1) is 14.7. The first-order valence-corrected chi connectivity index (χ1v) is 6.81. The molecule has 20 heavy (non-hydrogen) atoms. The van der Waals surface area contributed by atoms with Crippen molar-refractivity contribution in [3.63, 3.8) is 0 Å². The zero-order chi connectivity index (χ0) is 14.7. The van der Waals surface area contributed by atoms with E-state index in [0.29, 0.717) is 21.4 Å². The Morgan fingerprint density at radius 2 is 1.45 bits per heavy atom. The lowest BCUT2D eigenvalue weighted by Gasteiger charge is -2.12. The summed E-state index contributed by atoms with van der Waals surface area (Å²) in [6.45, 7) is 3.78. The van der Waals surface area contributed by atoms with Crippen LogP contribution >= 0.6 is 23.2 Å². The second-order valence-corrected chi connectivity index (χ2v) is 5.37. The molecule has 0 aliphatic rings. The van der Waals surface area contributed by atoms with Crippen LogP contribution in [0.4, 0.5) is 16.2 Å². The molecule has 104 valence electrons. The van der Waals surface area contributed by atoms with E-state index in [4.69, 9.17) is 23.2 Å². The van der Waals surface area contributed by atoms with Crippen LogP contribution in [0.3, 0.4) is 0 Å². The van der Waals surface area contributed by atoms with Crippen molar-refractivity contribution in [2.24, 2.45) is 0 Å². The Kier molecular flexibility index (Phi) is 4.53. The first-order chi connectivity index (χ1) is 9.45. The molecule has 0 aliphatic carbocycles. The van der Waals surface area contributed by atoms with Gasteiger partial charge in [0.15, 0.2) is 0 Å². The van der Waals surface area contributed by atoms with E-state index in [1.165, 1.54) is 0 Å². The van der Waals surface area contributed by atoms with Crippen molar-refractivity contribution in [2.45, 2.75) is 13.8 Å². The predicted molar refractivity (Wildman–Crippen MR) is 85.0 cm³/mol. The molecule has 0 spiro atoms. The molecule has 2 aromatic rings. The number of nitrogens with one attached hydrogen (secondary N) is 2. The van der Waals surface area contributed by atoms with Crippen molar-refractivity contribution >= 4 is 40.6 Å². The van der Waals surface area contributed by atoms with Crippen LogP contribution in [0.2, 0.25) is 10.0 Å². The first-order valence-electron chi connectivity index (χ1n) is 6.06. The average molecular weight is 309 g/mol. The maximum absolute atomic E-state index is 12.0. The number of amides is 2. The molecule has 3 nitrogen and oxygen atoms in total. The lowest BCUT2D eigenvalue weighted by molar-refractivity contribution is 0.262. The number of halogens is 2. The molecule has 0 unspecified atom stereocenters. The van der Waals surface area contributed by atoms with Gasteiger partial charge in [0.05, 0.1) is 0 Å². The normalized spacial score (nSPS) is 10.2. The third kappa shape index (κ3) is 3.65. The summed E-state index contributed by atoms with van der Waals surface area (Å²) in [5.74, 6) is 0. The molecule has 2 amide bonds. The van der Waals surface area contributed by atoms with E-state index in [1.807, 2.05) is 19.9 Å².